The van der Waals surface area contributed by atoms with Gasteiger partial charge in [-0.3, -0.25) is 0 Å². The smallest absolute Gasteiger partial charge is 0.318 e. The number of ether oxygens (including phenoxy) is 1. The highest BCUT2D eigenvalue weighted by molar-refractivity contribution is 5.76. The lowest BCUT2D eigenvalue weighted by molar-refractivity contribution is 0.163. The molecule has 2 atom stereocenters. The maximum Gasteiger partial charge on any atom is 0.318 e. The lowest BCUT2D eigenvalue weighted by Crippen LogP contribution is -2.48. The number of urea groups is 1. The third-order valence-electron chi connectivity index (χ3n) is 5.40. The first-order chi connectivity index (χ1) is 11.2. The monoisotopic (exact) mass is 314 g/mol. The minimum atomic E-state index is 0.0638. The van der Waals surface area contributed by atoms with Gasteiger partial charge in [-0.2, -0.15) is 0 Å². The second-order valence-corrected chi connectivity index (χ2v) is 7.25. The molecule has 4 heteroatoms. The first-order valence-corrected chi connectivity index (χ1v) is 9.04. The number of nitrogens with one attached hydrogen (secondary N) is 1. The predicted octanol–water partition coefficient (Wildman–Crippen LogP) is 3.87. The van der Waals surface area contributed by atoms with Gasteiger partial charge in [0.15, 0.2) is 0 Å². The molecule has 0 bridgehead atoms. The van der Waals surface area contributed by atoms with Gasteiger partial charge in [0, 0.05) is 17.6 Å². The van der Waals surface area contributed by atoms with Gasteiger partial charge in [-0.15, -0.1) is 0 Å². The Hall–Kier alpha value is -1.71. The molecule has 0 radical (unpaired) electrons. The molecule has 124 valence electrons. The second-order valence-electron chi connectivity index (χ2n) is 7.25. The summed E-state index contributed by atoms with van der Waals surface area (Å²) in [5.74, 6) is 1.63. The second kappa shape index (κ2) is 6.06. The van der Waals surface area contributed by atoms with E-state index in [1.54, 1.807) is 0 Å². The maximum atomic E-state index is 13.0. The molecule has 2 fully saturated rings. The van der Waals surface area contributed by atoms with Crippen molar-refractivity contribution in [1.82, 2.24) is 10.2 Å². The highest BCUT2D eigenvalue weighted by Crippen LogP contribution is 2.40. The Balaban J connectivity index is 1.51. The van der Waals surface area contributed by atoms with Crippen LogP contribution < -0.4 is 10.1 Å². The summed E-state index contributed by atoms with van der Waals surface area (Å²) in [6, 6.07) is 9.13. The van der Waals surface area contributed by atoms with Gasteiger partial charge < -0.3 is 15.0 Å². The molecule has 2 saturated carbocycles. The highest BCUT2D eigenvalue weighted by Gasteiger charge is 2.42. The van der Waals surface area contributed by atoms with E-state index in [9.17, 15) is 4.79 Å². The van der Waals surface area contributed by atoms with Gasteiger partial charge in [-0.1, -0.05) is 18.2 Å². The molecular weight excluding hydrogens is 288 g/mol. The topological polar surface area (TPSA) is 41.6 Å². The Morgan fingerprint density at radius 1 is 1.22 bits per heavy atom. The predicted molar refractivity (Wildman–Crippen MR) is 89.5 cm³/mol. The fraction of sp³-hybridized carbons (Fsp3) is 0.632. The maximum absolute atomic E-state index is 13.0. The van der Waals surface area contributed by atoms with Crippen molar-refractivity contribution in [3.8, 4) is 5.75 Å². The highest BCUT2D eigenvalue weighted by atomic mass is 16.5. The van der Waals surface area contributed by atoms with Gasteiger partial charge in [0.1, 0.15) is 5.75 Å². The number of fused-ring (bicyclic) bond motifs is 1. The third-order valence-corrected chi connectivity index (χ3v) is 5.40. The van der Waals surface area contributed by atoms with Gasteiger partial charge in [0.05, 0.1) is 12.6 Å². The van der Waals surface area contributed by atoms with Gasteiger partial charge in [0.25, 0.3) is 0 Å². The number of carbonyl (C=O) groups is 1. The molecule has 0 unspecified atom stereocenters. The van der Waals surface area contributed by atoms with Crippen molar-refractivity contribution in [1.29, 1.82) is 0 Å². The quantitative estimate of drug-likeness (QED) is 0.916. The van der Waals surface area contributed by atoms with Gasteiger partial charge in [-0.05, 0) is 57.4 Å². The van der Waals surface area contributed by atoms with Gasteiger partial charge in [-0.25, -0.2) is 4.79 Å². The van der Waals surface area contributed by atoms with Crippen molar-refractivity contribution >= 4 is 6.03 Å². The summed E-state index contributed by atoms with van der Waals surface area (Å²) < 4.78 is 5.81. The number of rotatable bonds is 4. The van der Waals surface area contributed by atoms with Gasteiger partial charge >= 0.3 is 6.03 Å². The van der Waals surface area contributed by atoms with E-state index in [0.717, 1.165) is 43.6 Å². The lowest BCUT2D eigenvalue weighted by Gasteiger charge is -2.31. The summed E-state index contributed by atoms with van der Waals surface area (Å²) in [5.41, 5.74) is 1.12. The van der Waals surface area contributed by atoms with Crippen LogP contribution in [0, 0.1) is 5.92 Å². The zero-order valence-electron chi connectivity index (χ0n) is 13.8. The SMILES string of the molecule is C[C@H](C1CC1)N(C(=O)N[C@H]1CCCOc2ccccc21)C1CC1. The van der Waals surface area contributed by atoms with E-state index in [2.05, 4.69) is 23.2 Å². The number of hydrogen-bond donors (Lipinski definition) is 1. The molecule has 4 rings (SSSR count). The van der Waals surface area contributed by atoms with E-state index in [-0.39, 0.29) is 12.1 Å². The zero-order valence-corrected chi connectivity index (χ0v) is 13.8. The molecular formula is C19H26N2O2. The van der Waals surface area contributed by atoms with Crippen molar-refractivity contribution in [2.75, 3.05) is 6.61 Å². The number of benzene rings is 1. The van der Waals surface area contributed by atoms with E-state index in [4.69, 9.17) is 4.74 Å². The molecule has 23 heavy (non-hydrogen) atoms. The molecule has 3 aliphatic rings. The Labute approximate surface area is 138 Å². The van der Waals surface area contributed by atoms with Crippen LogP contribution in [-0.2, 0) is 0 Å². The fourth-order valence-corrected chi connectivity index (χ4v) is 3.74. The Bertz CT molecular complexity index is 580. The molecule has 4 nitrogen and oxygen atoms in total. The molecule has 1 aromatic rings. The summed E-state index contributed by atoms with van der Waals surface area (Å²) in [6.45, 7) is 2.95. The Morgan fingerprint density at radius 2 is 2.00 bits per heavy atom. The van der Waals surface area contributed by atoms with Crippen LogP contribution >= 0.6 is 0 Å². The van der Waals surface area contributed by atoms with Gasteiger partial charge in [0.2, 0.25) is 0 Å². The van der Waals surface area contributed by atoms with Crippen LogP contribution in [0.1, 0.15) is 57.1 Å². The molecule has 1 N–H and O–H groups in total. The van der Waals surface area contributed by atoms with E-state index in [1.165, 1.54) is 12.8 Å². The van der Waals surface area contributed by atoms with Crippen LogP contribution in [0.5, 0.6) is 5.75 Å². The summed E-state index contributed by atoms with van der Waals surface area (Å²) >= 11 is 0. The molecule has 1 aromatic carbocycles. The zero-order chi connectivity index (χ0) is 15.8. The summed E-state index contributed by atoms with van der Waals surface area (Å²) in [5, 5.41) is 3.31. The van der Waals surface area contributed by atoms with E-state index in [0.29, 0.717) is 18.0 Å². The third kappa shape index (κ3) is 3.17. The van der Waals surface area contributed by atoms with Crippen molar-refractivity contribution < 1.29 is 9.53 Å². The molecule has 2 aliphatic carbocycles. The molecule has 1 aliphatic heterocycles. The normalized spacial score (nSPS) is 24.8. The van der Waals surface area contributed by atoms with E-state index >= 15 is 0 Å². The van der Waals surface area contributed by atoms with Crippen LogP contribution in [0.4, 0.5) is 4.79 Å². The largest absolute Gasteiger partial charge is 0.493 e. The van der Waals surface area contributed by atoms with Crippen LogP contribution in [0.3, 0.4) is 0 Å². The van der Waals surface area contributed by atoms with Crippen molar-refractivity contribution in [3.63, 3.8) is 0 Å². The standard InChI is InChI=1S/C19H26N2O2/c1-13(14-8-9-14)21(15-10-11-15)19(22)20-17-6-4-12-23-18-7-3-2-5-16(17)18/h2-3,5,7,13-15,17H,4,6,8-12H2,1H3,(H,20,22)/t13-,17+/m1/s1. The Kier molecular flexibility index (Phi) is 3.92. The van der Waals surface area contributed by atoms with Crippen LogP contribution in [0.15, 0.2) is 24.3 Å². The molecule has 1 heterocycles. The minimum absolute atomic E-state index is 0.0638. The van der Waals surface area contributed by atoms with Crippen LogP contribution in [0.25, 0.3) is 0 Å². The van der Waals surface area contributed by atoms with Crippen molar-refractivity contribution in [3.05, 3.63) is 29.8 Å². The Morgan fingerprint density at radius 3 is 2.74 bits per heavy atom. The first kappa shape index (κ1) is 14.9. The number of hydrogen-bond acceptors (Lipinski definition) is 2. The number of amides is 2. The average Bonchev–Trinajstić information content (AvgIpc) is 3.40. The van der Waals surface area contributed by atoms with E-state index in [1.807, 2.05) is 18.2 Å². The summed E-state index contributed by atoms with van der Waals surface area (Å²) in [6.07, 6.45) is 6.79. The number of carbonyl (C=O) groups excluding carboxylic acids is 1. The van der Waals surface area contributed by atoms with E-state index < -0.39 is 0 Å². The van der Waals surface area contributed by atoms with Crippen molar-refractivity contribution in [2.45, 2.75) is 63.6 Å². The summed E-state index contributed by atoms with van der Waals surface area (Å²) in [7, 11) is 0. The minimum Gasteiger partial charge on any atom is -0.493 e. The molecule has 0 saturated heterocycles. The van der Waals surface area contributed by atoms with Crippen LogP contribution in [0.2, 0.25) is 0 Å². The molecule has 0 aromatic heterocycles. The average molecular weight is 314 g/mol. The number of nitrogens with zero attached hydrogens (tertiary/aromatic N) is 1. The van der Waals surface area contributed by atoms with Crippen molar-refractivity contribution in [2.24, 2.45) is 5.92 Å². The van der Waals surface area contributed by atoms with Crippen LogP contribution in [-0.4, -0.2) is 29.6 Å². The molecule has 2 amide bonds. The fourth-order valence-electron chi connectivity index (χ4n) is 3.74. The summed E-state index contributed by atoms with van der Waals surface area (Å²) in [4.78, 5) is 15.1. The molecule has 0 spiro atoms. The lowest BCUT2D eigenvalue weighted by atomic mass is 10.0. The number of para-hydroxylation sites is 1. The first-order valence-electron chi connectivity index (χ1n) is 9.04.